The molecule has 0 aliphatic rings. The maximum atomic E-state index is 11.3. The summed E-state index contributed by atoms with van der Waals surface area (Å²) in [6, 6.07) is 0. The van der Waals surface area contributed by atoms with Gasteiger partial charge in [0, 0.05) is 19.6 Å². The van der Waals surface area contributed by atoms with Crippen molar-refractivity contribution in [2.75, 3.05) is 19.8 Å². The van der Waals surface area contributed by atoms with Crippen molar-refractivity contribution < 1.29 is 19.4 Å². The lowest BCUT2D eigenvalue weighted by Gasteiger charge is -2.04. The molecule has 0 aromatic heterocycles. The lowest BCUT2D eigenvalue weighted by molar-refractivity contribution is -0.137. The number of hydrogen-bond donors (Lipinski definition) is 2. The van der Waals surface area contributed by atoms with Crippen molar-refractivity contribution in [1.82, 2.24) is 5.32 Å². The van der Waals surface area contributed by atoms with Gasteiger partial charge >= 0.3 is 5.97 Å². The third-order valence-corrected chi connectivity index (χ3v) is 4.43. The molecule has 0 aliphatic carbocycles. The van der Waals surface area contributed by atoms with Gasteiger partial charge in [0.25, 0.3) is 0 Å². The summed E-state index contributed by atoms with van der Waals surface area (Å²) in [4.78, 5) is 21.6. The zero-order valence-corrected chi connectivity index (χ0v) is 17.3. The van der Waals surface area contributed by atoms with E-state index in [1.54, 1.807) is 0 Å². The molecule has 1 amide bonds. The SMILES string of the molecule is CCCCCCCOCCCCCCC/C=C\CCCC(=O)NCC(=O)O. The molecule has 0 aromatic rings. The van der Waals surface area contributed by atoms with E-state index < -0.39 is 5.97 Å². The minimum atomic E-state index is -1.01. The van der Waals surface area contributed by atoms with Crippen molar-refractivity contribution in [3.63, 3.8) is 0 Å². The first-order valence-electron chi connectivity index (χ1n) is 10.9. The smallest absolute Gasteiger partial charge is 0.322 e. The van der Waals surface area contributed by atoms with E-state index in [0.29, 0.717) is 6.42 Å². The highest BCUT2D eigenvalue weighted by Crippen LogP contribution is 2.07. The summed E-state index contributed by atoms with van der Waals surface area (Å²) in [6.45, 7) is 3.78. The van der Waals surface area contributed by atoms with Gasteiger partial charge in [0.15, 0.2) is 0 Å². The van der Waals surface area contributed by atoms with Gasteiger partial charge in [-0.2, -0.15) is 0 Å². The Hall–Kier alpha value is -1.36. The summed E-state index contributed by atoms with van der Waals surface area (Å²) in [5, 5.41) is 10.8. The fourth-order valence-electron chi connectivity index (χ4n) is 2.79. The lowest BCUT2D eigenvalue weighted by Crippen LogP contribution is -2.28. The van der Waals surface area contributed by atoms with Gasteiger partial charge in [-0.25, -0.2) is 0 Å². The highest BCUT2D eigenvalue weighted by molar-refractivity contribution is 5.80. The number of hydrogen-bond acceptors (Lipinski definition) is 3. The predicted octanol–water partition coefficient (Wildman–Crippen LogP) is 5.24. The van der Waals surface area contributed by atoms with Crippen LogP contribution in [0, 0.1) is 0 Å². The van der Waals surface area contributed by atoms with Crippen LogP contribution in [-0.4, -0.2) is 36.7 Å². The Kier molecular flexibility index (Phi) is 19.9. The molecule has 0 fully saturated rings. The van der Waals surface area contributed by atoms with Crippen molar-refractivity contribution in [3.8, 4) is 0 Å². The fraction of sp³-hybridized carbons (Fsp3) is 0.818. The molecule has 0 radical (unpaired) electrons. The summed E-state index contributed by atoms with van der Waals surface area (Å²) < 4.78 is 5.67. The molecule has 0 saturated heterocycles. The van der Waals surface area contributed by atoms with Crippen LogP contribution in [0.3, 0.4) is 0 Å². The van der Waals surface area contributed by atoms with Crippen LogP contribution in [0.5, 0.6) is 0 Å². The zero-order valence-electron chi connectivity index (χ0n) is 17.3. The molecule has 0 bridgehead atoms. The van der Waals surface area contributed by atoms with E-state index in [1.165, 1.54) is 64.2 Å². The van der Waals surface area contributed by atoms with E-state index in [4.69, 9.17) is 9.84 Å². The number of ether oxygens (including phenoxy) is 1. The van der Waals surface area contributed by atoms with E-state index in [0.717, 1.165) is 32.5 Å². The normalized spacial score (nSPS) is 11.1. The Morgan fingerprint density at radius 1 is 0.815 bits per heavy atom. The summed E-state index contributed by atoms with van der Waals surface area (Å²) >= 11 is 0. The van der Waals surface area contributed by atoms with Crippen LogP contribution in [-0.2, 0) is 14.3 Å². The molecular formula is C22H41NO4. The van der Waals surface area contributed by atoms with Crippen molar-refractivity contribution in [2.24, 2.45) is 0 Å². The third-order valence-electron chi connectivity index (χ3n) is 4.43. The van der Waals surface area contributed by atoms with Gasteiger partial charge in [-0.1, -0.05) is 64.0 Å². The summed E-state index contributed by atoms with van der Waals surface area (Å²) in [5.74, 6) is -1.19. The quantitative estimate of drug-likeness (QED) is 0.223. The van der Waals surface area contributed by atoms with Crippen molar-refractivity contribution in [2.45, 2.75) is 96.8 Å². The molecule has 0 saturated carbocycles. The molecule has 0 aliphatic heterocycles. The van der Waals surface area contributed by atoms with Crippen molar-refractivity contribution in [1.29, 1.82) is 0 Å². The Morgan fingerprint density at radius 3 is 2.00 bits per heavy atom. The molecule has 27 heavy (non-hydrogen) atoms. The number of aliphatic carboxylic acids is 1. The maximum Gasteiger partial charge on any atom is 0.322 e. The van der Waals surface area contributed by atoms with Crippen LogP contribution < -0.4 is 5.32 Å². The van der Waals surface area contributed by atoms with Crippen LogP contribution in [0.15, 0.2) is 12.2 Å². The van der Waals surface area contributed by atoms with Crippen LogP contribution >= 0.6 is 0 Å². The van der Waals surface area contributed by atoms with Gasteiger partial charge < -0.3 is 15.2 Å². The summed E-state index contributed by atoms with van der Waals surface area (Å²) in [7, 11) is 0. The number of carbonyl (C=O) groups is 2. The van der Waals surface area contributed by atoms with Crippen molar-refractivity contribution in [3.05, 3.63) is 12.2 Å². The molecule has 0 heterocycles. The van der Waals surface area contributed by atoms with Gasteiger partial charge in [-0.05, 0) is 38.5 Å². The number of carbonyl (C=O) groups excluding carboxylic acids is 1. The van der Waals surface area contributed by atoms with Gasteiger partial charge in [-0.15, -0.1) is 0 Å². The molecule has 0 atom stereocenters. The van der Waals surface area contributed by atoms with E-state index in [1.807, 2.05) is 0 Å². The number of carboxylic acid groups (broad SMARTS) is 1. The van der Waals surface area contributed by atoms with E-state index in [2.05, 4.69) is 24.4 Å². The van der Waals surface area contributed by atoms with Crippen LogP contribution in [0.25, 0.3) is 0 Å². The predicted molar refractivity (Wildman–Crippen MR) is 111 cm³/mol. The number of nitrogens with one attached hydrogen (secondary N) is 1. The first-order chi connectivity index (χ1) is 13.2. The molecule has 0 aromatic carbocycles. The van der Waals surface area contributed by atoms with Crippen LogP contribution in [0.2, 0.25) is 0 Å². The molecule has 0 rings (SSSR count). The number of unbranched alkanes of at least 4 members (excludes halogenated alkanes) is 10. The lowest BCUT2D eigenvalue weighted by atomic mass is 10.1. The second-order valence-corrected chi connectivity index (χ2v) is 7.12. The maximum absolute atomic E-state index is 11.3. The minimum absolute atomic E-state index is 0.189. The first kappa shape index (κ1) is 25.6. The number of allylic oxidation sites excluding steroid dienone is 2. The van der Waals surface area contributed by atoms with Gasteiger partial charge in [-0.3, -0.25) is 9.59 Å². The molecule has 0 unspecified atom stereocenters. The summed E-state index contributed by atoms with van der Waals surface area (Å²) in [5.41, 5.74) is 0. The van der Waals surface area contributed by atoms with E-state index >= 15 is 0 Å². The van der Waals surface area contributed by atoms with Gasteiger partial charge in [0.2, 0.25) is 5.91 Å². The van der Waals surface area contributed by atoms with E-state index in [9.17, 15) is 9.59 Å². The largest absolute Gasteiger partial charge is 0.480 e. The second kappa shape index (κ2) is 20.9. The molecule has 5 heteroatoms. The average molecular weight is 384 g/mol. The molecule has 0 spiro atoms. The van der Waals surface area contributed by atoms with Crippen molar-refractivity contribution >= 4 is 11.9 Å². The molecule has 2 N–H and O–H groups in total. The minimum Gasteiger partial charge on any atom is -0.480 e. The number of carboxylic acids is 1. The van der Waals surface area contributed by atoms with Crippen LogP contribution in [0.1, 0.15) is 96.8 Å². The summed E-state index contributed by atoms with van der Waals surface area (Å²) in [6.07, 6.45) is 20.1. The Morgan fingerprint density at radius 2 is 1.37 bits per heavy atom. The number of rotatable bonds is 20. The highest BCUT2D eigenvalue weighted by Gasteiger charge is 2.02. The molecular weight excluding hydrogens is 342 g/mol. The third kappa shape index (κ3) is 22.6. The van der Waals surface area contributed by atoms with Crippen LogP contribution in [0.4, 0.5) is 0 Å². The number of amides is 1. The standard InChI is InChI=1S/C22H41NO4/c1-2-3-4-12-15-18-27-19-16-13-10-8-6-5-7-9-11-14-17-21(24)23-20-22(25)26/h7,9H,2-6,8,10-20H2,1H3,(H,23,24)(H,25,26)/b9-7-. The second-order valence-electron chi connectivity index (χ2n) is 7.12. The Balaban J connectivity index is 3.18. The monoisotopic (exact) mass is 383 g/mol. The van der Waals surface area contributed by atoms with E-state index in [-0.39, 0.29) is 12.5 Å². The molecule has 5 nitrogen and oxygen atoms in total. The first-order valence-corrected chi connectivity index (χ1v) is 10.9. The Bertz CT molecular complexity index is 383. The van der Waals surface area contributed by atoms with Gasteiger partial charge in [0.05, 0.1) is 0 Å². The average Bonchev–Trinajstić information content (AvgIpc) is 2.65. The Labute approximate surface area is 165 Å². The topological polar surface area (TPSA) is 75.6 Å². The highest BCUT2D eigenvalue weighted by atomic mass is 16.5. The fourth-order valence-corrected chi connectivity index (χ4v) is 2.79. The van der Waals surface area contributed by atoms with Gasteiger partial charge in [0.1, 0.15) is 6.54 Å². The zero-order chi connectivity index (χ0) is 20.0. The molecule has 158 valence electrons.